The Hall–Kier alpha value is -0.0200. The van der Waals surface area contributed by atoms with E-state index < -0.39 is 0 Å². The molecular weight excluding hydrogens is 231 g/mol. The number of rotatable bonds is 4. The first-order chi connectivity index (χ1) is 7.36. The van der Waals surface area contributed by atoms with Gasteiger partial charge in [0, 0.05) is 37.2 Å². The van der Waals surface area contributed by atoms with E-state index in [1.54, 1.807) is 11.1 Å². The Morgan fingerprint density at radius 3 is 1.67 bits per heavy atom. The average molecular weight is 249 g/mol. The van der Waals surface area contributed by atoms with Gasteiger partial charge in [0.15, 0.2) is 0 Å². The average Bonchev–Trinajstić information content (AvgIpc) is 2.49. The van der Waals surface area contributed by atoms with Crippen molar-refractivity contribution in [1.82, 2.24) is 9.80 Å². The lowest BCUT2D eigenvalue weighted by molar-refractivity contribution is 0.286. The van der Waals surface area contributed by atoms with Crippen LogP contribution in [0.2, 0.25) is 0 Å². The lowest BCUT2D eigenvalue weighted by Gasteiger charge is -2.19. The van der Waals surface area contributed by atoms with Gasteiger partial charge in [-0.3, -0.25) is 9.80 Å². The van der Waals surface area contributed by atoms with Gasteiger partial charge in [-0.25, -0.2) is 0 Å². The van der Waals surface area contributed by atoms with Gasteiger partial charge in [-0.15, -0.1) is 0 Å². The highest BCUT2D eigenvalue weighted by atomic mass is 35.5. The fourth-order valence-electron chi connectivity index (χ4n) is 1.77. The van der Waals surface area contributed by atoms with E-state index in [0.29, 0.717) is 0 Å². The molecule has 1 saturated heterocycles. The third-order valence-corrected chi connectivity index (χ3v) is 2.94. The third-order valence-electron chi connectivity index (χ3n) is 2.59. The van der Waals surface area contributed by atoms with Gasteiger partial charge >= 0.3 is 0 Å². The smallest absolute Gasteiger partial charge is 0.0175 e. The monoisotopic (exact) mass is 248 g/mol. The quantitative estimate of drug-likeness (QED) is 0.755. The summed E-state index contributed by atoms with van der Waals surface area (Å²) in [6.07, 6.45) is 5.21. The van der Waals surface area contributed by atoms with E-state index in [1.165, 1.54) is 6.42 Å². The summed E-state index contributed by atoms with van der Waals surface area (Å²) in [5, 5.41) is 0. The molecule has 0 unspecified atom stereocenters. The molecule has 1 rings (SSSR count). The zero-order chi connectivity index (χ0) is 10.9. The summed E-state index contributed by atoms with van der Waals surface area (Å²) in [6, 6.07) is 0. The first-order valence-electron chi connectivity index (χ1n) is 5.32. The number of hydrogen-bond acceptors (Lipinski definition) is 2. The largest absolute Gasteiger partial charge is 0.298 e. The van der Waals surface area contributed by atoms with Gasteiger partial charge in [-0.05, 0) is 19.5 Å². The van der Waals surface area contributed by atoms with Crippen LogP contribution in [0.25, 0.3) is 0 Å². The lowest BCUT2D eigenvalue weighted by Crippen LogP contribution is -2.31. The van der Waals surface area contributed by atoms with E-state index in [9.17, 15) is 0 Å². The van der Waals surface area contributed by atoms with Crippen LogP contribution in [0.5, 0.6) is 0 Å². The fraction of sp³-hybridized carbons (Fsp3) is 0.636. The standard InChI is InChI=1S/C11H18Cl2N2/c12-4-1-6-14-8-3-9-15(11-10-14)7-2-5-13/h1-2,4-5H,3,6-11H2. The van der Waals surface area contributed by atoms with Gasteiger partial charge in [0.1, 0.15) is 0 Å². The van der Waals surface area contributed by atoms with Crippen molar-refractivity contribution in [2.24, 2.45) is 0 Å². The first-order valence-corrected chi connectivity index (χ1v) is 6.19. The molecule has 0 saturated carbocycles. The summed E-state index contributed by atoms with van der Waals surface area (Å²) in [5.41, 5.74) is 3.19. The number of halogens is 2. The lowest BCUT2D eigenvalue weighted by atomic mass is 10.4. The maximum Gasteiger partial charge on any atom is 0.0175 e. The van der Waals surface area contributed by atoms with Crippen molar-refractivity contribution in [3.05, 3.63) is 23.2 Å². The van der Waals surface area contributed by atoms with E-state index in [4.69, 9.17) is 23.2 Å². The van der Waals surface area contributed by atoms with Crippen molar-refractivity contribution >= 4 is 23.2 Å². The molecule has 1 heterocycles. The van der Waals surface area contributed by atoms with Gasteiger partial charge < -0.3 is 0 Å². The molecule has 1 aliphatic heterocycles. The van der Waals surface area contributed by atoms with Gasteiger partial charge in [-0.1, -0.05) is 35.4 Å². The molecule has 4 heteroatoms. The Morgan fingerprint density at radius 2 is 1.27 bits per heavy atom. The predicted octanol–water partition coefficient (Wildman–Crippen LogP) is 2.50. The summed E-state index contributed by atoms with van der Waals surface area (Å²) < 4.78 is 0. The van der Waals surface area contributed by atoms with Gasteiger partial charge in [0.2, 0.25) is 0 Å². The van der Waals surface area contributed by atoms with Crippen LogP contribution in [0.15, 0.2) is 23.2 Å². The molecule has 0 N–H and O–H groups in total. The molecule has 2 nitrogen and oxygen atoms in total. The van der Waals surface area contributed by atoms with Crippen LogP contribution in [0, 0.1) is 0 Å². The second kappa shape index (κ2) is 8.17. The highest BCUT2D eigenvalue weighted by molar-refractivity contribution is 6.25. The second-order valence-electron chi connectivity index (χ2n) is 3.68. The molecule has 0 aromatic heterocycles. The highest BCUT2D eigenvalue weighted by Crippen LogP contribution is 2.03. The Balaban J connectivity index is 2.28. The van der Waals surface area contributed by atoms with E-state index in [0.717, 1.165) is 39.3 Å². The van der Waals surface area contributed by atoms with E-state index in [2.05, 4.69) is 9.80 Å². The molecule has 0 aliphatic carbocycles. The van der Waals surface area contributed by atoms with Crippen LogP contribution < -0.4 is 0 Å². The molecule has 1 fully saturated rings. The van der Waals surface area contributed by atoms with Gasteiger partial charge in [0.25, 0.3) is 0 Å². The maximum atomic E-state index is 5.52. The minimum atomic E-state index is 0.961. The second-order valence-corrected chi connectivity index (χ2v) is 4.18. The molecule has 0 atom stereocenters. The third kappa shape index (κ3) is 5.57. The zero-order valence-corrected chi connectivity index (χ0v) is 10.4. The summed E-state index contributed by atoms with van der Waals surface area (Å²) >= 11 is 11.0. The van der Waals surface area contributed by atoms with Crippen molar-refractivity contribution in [1.29, 1.82) is 0 Å². The van der Waals surface area contributed by atoms with Crippen LogP contribution in [0.1, 0.15) is 6.42 Å². The molecule has 0 radical (unpaired) electrons. The SMILES string of the molecule is ClC=CCN1CCCN(CC=CCl)CC1. The van der Waals surface area contributed by atoms with Crippen LogP contribution in [0.4, 0.5) is 0 Å². The molecule has 86 valence electrons. The maximum absolute atomic E-state index is 5.52. The Labute approximate surface area is 102 Å². The summed E-state index contributed by atoms with van der Waals surface area (Å²) in [6.45, 7) is 6.45. The van der Waals surface area contributed by atoms with Gasteiger partial charge in [0.05, 0.1) is 0 Å². The minimum absolute atomic E-state index is 0.961. The zero-order valence-electron chi connectivity index (χ0n) is 8.91. The van der Waals surface area contributed by atoms with Crippen LogP contribution in [-0.2, 0) is 0 Å². The number of nitrogens with zero attached hydrogens (tertiary/aromatic N) is 2. The molecule has 0 bridgehead atoms. The van der Waals surface area contributed by atoms with E-state index >= 15 is 0 Å². The number of hydrogen-bond donors (Lipinski definition) is 0. The molecular formula is C11H18Cl2N2. The van der Waals surface area contributed by atoms with Crippen LogP contribution >= 0.6 is 23.2 Å². The van der Waals surface area contributed by atoms with E-state index in [-0.39, 0.29) is 0 Å². The molecule has 0 aromatic carbocycles. The summed E-state index contributed by atoms with van der Waals surface area (Å²) in [4.78, 5) is 4.84. The van der Waals surface area contributed by atoms with Crippen molar-refractivity contribution in [2.45, 2.75) is 6.42 Å². The minimum Gasteiger partial charge on any atom is -0.298 e. The molecule has 0 spiro atoms. The summed E-state index contributed by atoms with van der Waals surface area (Å²) in [7, 11) is 0. The predicted molar refractivity (Wildman–Crippen MR) is 67.5 cm³/mol. The van der Waals surface area contributed by atoms with Gasteiger partial charge in [-0.2, -0.15) is 0 Å². The van der Waals surface area contributed by atoms with Crippen molar-refractivity contribution < 1.29 is 0 Å². The van der Waals surface area contributed by atoms with Crippen LogP contribution in [-0.4, -0.2) is 49.1 Å². The van der Waals surface area contributed by atoms with E-state index in [1.807, 2.05) is 12.2 Å². The highest BCUT2D eigenvalue weighted by Gasteiger charge is 2.12. The molecule has 15 heavy (non-hydrogen) atoms. The molecule has 0 amide bonds. The topological polar surface area (TPSA) is 6.48 Å². The first kappa shape index (κ1) is 13.0. The van der Waals surface area contributed by atoms with Crippen molar-refractivity contribution in [3.8, 4) is 0 Å². The fourth-order valence-corrected chi connectivity index (χ4v) is 1.93. The molecule has 1 aliphatic rings. The Morgan fingerprint density at radius 1 is 0.800 bits per heavy atom. The van der Waals surface area contributed by atoms with Crippen LogP contribution in [0.3, 0.4) is 0 Å². The Kier molecular flexibility index (Phi) is 7.11. The van der Waals surface area contributed by atoms with Crippen molar-refractivity contribution in [3.63, 3.8) is 0 Å². The van der Waals surface area contributed by atoms with Crippen molar-refractivity contribution in [2.75, 3.05) is 39.3 Å². The summed E-state index contributed by atoms with van der Waals surface area (Å²) in [5.74, 6) is 0. The molecule has 0 aromatic rings. The Bertz CT molecular complexity index is 195. The normalized spacial score (nSPS) is 21.5.